The molecule has 64 valence electrons. The van der Waals surface area contributed by atoms with Crippen molar-refractivity contribution in [3.05, 3.63) is 0 Å². The molecule has 0 aromatic rings. The van der Waals surface area contributed by atoms with Gasteiger partial charge in [-0.1, -0.05) is 0 Å². The van der Waals surface area contributed by atoms with Gasteiger partial charge in [-0.05, 0) is 6.42 Å². The van der Waals surface area contributed by atoms with Crippen LogP contribution in [0.25, 0.3) is 0 Å². The summed E-state index contributed by atoms with van der Waals surface area (Å²) in [6, 6.07) is 0. The van der Waals surface area contributed by atoms with E-state index in [0.717, 1.165) is 13.0 Å². The van der Waals surface area contributed by atoms with E-state index in [1.807, 2.05) is 0 Å². The summed E-state index contributed by atoms with van der Waals surface area (Å²) in [4.78, 5) is 12.5. The zero-order chi connectivity index (χ0) is 8.27. The van der Waals surface area contributed by atoms with Crippen molar-refractivity contribution in [1.29, 1.82) is 0 Å². The van der Waals surface area contributed by atoms with E-state index in [4.69, 9.17) is 10.2 Å². The van der Waals surface area contributed by atoms with E-state index in [2.05, 4.69) is 0 Å². The average molecular weight is 159 g/mol. The first kappa shape index (κ1) is 8.49. The topological polar surface area (TPSA) is 60.8 Å². The fourth-order valence-electron chi connectivity index (χ4n) is 1.21. The van der Waals surface area contributed by atoms with Crippen molar-refractivity contribution in [2.45, 2.75) is 18.9 Å². The van der Waals surface area contributed by atoms with E-state index in [0.29, 0.717) is 6.42 Å². The molecule has 0 aromatic carbocycles. The number of β-amino-alcohol motifs (C(OH)–C–C–N with tert-alkyl or cyclic N) is 1. The highest BCUT2D eigenvalue weighted by Crippen LogP contribution is 2.09. The second-order valence-electron chi connectivity index (χ2n) is 2.78. The van der Waals surface area contributed by atoms with Gasteiger partial charge in [0.15, 0.2) is 0 Å². The summed E-state index contributed by atoms with van der Waals surface area (Å²) in [5.74, 6) is 0.0810. The highest BCUT2D eigenvalue weighted by molar-refractivity contribution is 5.78. The van der Waals surface area contributed by atoms with Crippen LogP contribution in [0.5, 0.6) is 0 Å². The molecule has 0 unspecified atom stereocenters. The second-order valence-corrected chi connectivity index (χ2v) is 2.78. The van der Waals surface area contributed by atoms with E-state index in [1.165, 1.54) is 0 Å². The van der Waals surface area contributed by atoms with Crippen LogP contribution in [0.1, 0.15) is 12.8 Å². The molecular formula is C7H13NO3. The molecule has 1 saturated heterocycles. The van der Waals surface area contributed by atoms with Crippen molar-refractivity contribution < 1.29 is 15.0 Å². The Bertz CT molecular complexity index is 149. The van der Waals surface area contributed by atoms with Gasteiger partial charge in [0.05, 0.1) is 12.7 Å². The number of amides is 1. The van der Waals surface area contributed by atoms with Crippen molar-refractivity contribution in [2.24, 2.45) is 0 Å². The highest BCUT2D eigenvalue weighted by Gasteiger charge is 2.21. The Kier molecular flexibility index (Phi) is 2.84. The van der Waals surface area contributed by atoms with Gasteiger partial charge >= 0.3 is 0 Å². The predicted molar refractivity (Wildman–Crippen MR) is 38.9 cm³/mol. The monoisotopic (exact) mass is 159 g/mol. The summed E-state index contributed by atoms with van der Waals surface area (Å²) in [6.45, 7) is 0.717. The number of hydrogen-bond acceptors (Lipinski definition) is 3. The molecule has 1 aliphatic heterocycles. The lowest BCUT2D eigenvalue weighted by Crippen LogP contribution is -2.34. The SMILES string of the molecule is O=C1CCCN1C[C@H](O)CO. The standard InChI is InChI=1S/C7H13NO3/c9-5-6(10)4-8-3-1-2-7(8)11/h6,9-10H,1-5H2/t6-/m0/s1. The van der Waals surface area contributed by atoms with Crippen LogP contribution in [0.3, 0.4) is 0 Å². The Labute approximate surface area is 65.4 Å². The molecule has 11 heavy (non-hydrogen) atoms. The zero-order valence-electron chi connectivity index (χ0n) is 6.36. The Morgan fingerprint density at radius 2 is 2.36 bits per heavy atom. The van der Waals surface area contributed by atoms with E-state index in [1.54, 1.807) is 4.90 Å². The summed E-state index contributed by atoms with van der Waals surface area (Å²) >= 11 is 0. The van der Waals surface area contributed by atoms with Gasteiger partial charge in [0, 0.05) is 19.5 Å². The van der Waals surface area contributed by atoms with Crippen LogP contribution < -0.4 is 0 Å². The van der Waals surface area contributed by atoms with E-state index >= 15 is 0 Å². The summed E-state index contributed by atoms with van der Waals surface area (Å²) in [7, 11) is 0. The van der Waals surface area contributed by atoms with Gasteiger partial charge in [0.1, 0.15) is 0 Å². The molecule has 0 radical (unpaired) electrons. The molecule has 1 aliphatic rings. The normalized spacial score (nSPS) is 20.9. The number of aliphatic hydroxyl groups is 2. The third-order valence-electron chi connectivity index (χ3n) is 1.81. The lowest BCUT2D eigenvalue weighted by atomic mass is 10.3. The lowest BCUT2D eigenvalue weighted by molar-refractivity contribution is -0.129. The number of likely N-dealkylation sites (tertiary alicyclic amines) is 1. The van der Waals surface area contributed by atoms with Gasteiger partial charge in [-0.25, -0.2) is 0 Å². The fourth-order valence-corrected chi connectivity index (χ4v) is 1.21. The molecule has 1 heterocycles. The minimum absolute atomic E-state index is 0.0810. The molecule has 1 atom stereocenters. The third kappa shape index (κ3) is 2.17. The number of hydrogen-bond donors (Lipinski definition) is 2. The molecule has 1 rings (SSSR count). The van der Waals surface area contributed by atoms with Crippen LogP contribution in [-0.2, 0) is 4.79 Å². The molecule has 0 bridgehead atoms. The highest BCUT2D eigenvalue weighted by atomic mass is 16.3. The number of carbonyl (C=O) groups excluding carboxylic acids is 1. The lowest BCUT2D eigenvalue weighted by Gasteiger charge is -2.17. The molecule has 0 spiro atoms. The van der Waals surface area contributed by atoms with Gasteiger partial charge in [0.2, 0.25) is 5.91 Å². The average Bonchev–Trinajstić information content (AvgIpc) is 2.37. The summed E-state index contributed by atoms with van der Waals surface area (Å²) in [6.07, 6.45) is 0.673. The molecule has 4 nitrogen and oxygen atoms in total. The summed E-state index contributed by atoms with van der Waals surface area (Å²) in [5.41, 5.74) is 0. The molecular weight excluding hydrogens is 146 g/mol. The first-order valence-electron chi connectivity index (χ1n) is 3.80. The van der Waals surface area contributed by atoms with Gasteiger partial charge in [-0.3, -0.25) is 4.79 Å². The minimum atomic E-state index is -0.781. The maximum absolute atomic E-state index is 11.0. The van der Waals surface area contributed by atoms with E-state index in [-0.39, 0.29) is 19.1 Å². The molecule has 4 heteroatoms. The Morgan fingerprint density at radius 1 is 1.64 bits per heavy atom. The first-order chi connectivity index (χ1) is 5.24. The number of aliphatic hydroxyl groups excluding tert-OH is 2. The van der Waals surface area contributed by atoms with Crippen molar-refractivity contribution in [2.75, 3.05) is 19.7 Å². The molecule has 1 amide bonds. The van der Waals surface area contributed by atoms with Crippen molar-refractivity contribution in [1.82, 2.24) is 4.90 Å². The van der Waals surface area contributed by atoms with Crippen molar-refractivity contribution in [3.8, 4) is 0 Å². The fraction of sp³-hybridized carbons (Fsp3) is 0.857. The maximum atomic E-state index is 11.0. The smallest absolute Gasteiger partial charge is 0.222 e. The van der Waals surface area contributed by atoms with Crippen LogP contribution >= 0.6 is 0 Å². The van der Waals surface area contributed by atoms with Crippen LogP contribution in [-0.4, -0.2) is 46.8 Å². The quantitative estimate of drug-likeness (QED) is 0.553. The van der Waals surface area contributed by atoms with E-state index in [9.17, 15) is 4.79 Å². The van der Waals surface area contributed by atoms with Crippen LogP contribution in [0.15, 0.2) is 0 Å². The Morgan fingerprint density at radius 3 is 2.82 bits per heavy atom. The first-order valence-corrected chi connectivity index (χ1v) is 3.80. The number of carbonyl (C=O) groups is 1. The van der Waals surface area contributed by atoms with Crippen molar-refractivity contribution in [3.63, 3.8) is 0 Å². The summed E-state index contributed by atoms with van der Waals surface area (Å²) < 4.78 is 0. The van der Waals surface area contributed by atoms with Crippen LogP contribution in [0.2, 0.25) is 0 Å². The van der Waals surface area contributed by atoms with Gasteiger partial charge in [-0.15, -0.1) is 0 Å². The van der Waals surface area contributed by atoms with Gasteiger partial charge in [-0.2, -0.15) is 0 Å². The Hall–Kier alpha value is -0.610. The molecule has 1 fully saturated rings. The minimum Gasteiger partial charge on any atom is -0.394 e. The zero-order valence-corrected chi connectivity index (χ0v) is 6.36. The second kappa shape index (κ2) is 3.69. The molecule has 0 aromatic heterocycles. The van der Waals surface area contributed by atoms with Crippen LogP contribution in [0.4, 0.5) is 0 Å². The van der Waals surface area contributed by atoms with Crippen LogP contribution in [0, 0.1) is 0 Å². The summed E-state index contributed by atoms with van der Waals surface area (Å²) in [5, 5.41) is 17.5. The molecule has 0 aliphatic carbocycles. The van der Waals surface area contributed by atoms with Gasteiger partial charge in [0.25, 0.3) is 0 Å². The van der Waals surface area contributed by atoms with Gasteiger partial charge < -0.3 is 15.1 Å². The molecule has 0 saturated carbocycles. The number of nitrogens with zero attached hydrogens (tertiary/aromatic N) is 1. The molecule has 2 N–H and O–H groups in total. The third-order valence-corrected chi connectivity index (χ3v) is 1.81. The largest absolute Gasteiger partial charge is 0.394 e. The van der Waals surface area contributed by atoms with E-state index < -0.39 is 6.10 Å². The Balaban J connectivity index is 2.30. The number of rotatable bonds is 3. The predicted octanol–water partition coefficient (Wildman–Crippen LogP) is -1.04. The maximum Gasteiger partial charge on any atom is 0.222 e. The van der Waals surface area contributed by atoms with Crippen molar-refractivity contribution >= 4 is 5.91 Å².